The van der Waals surface area contributed by atoms with Crippen LogP contribution in [0.5, 0.6) is 11.5 Å². The van der Waals surface area contributed by atoms with Crippen LogP contribution in [0.2, 0.25) is 0 Å². The molecule has 0 saturated carbocycles. The molecule has 1 fully saturated rings. The summed E-state index contributed by atoms with van der Waals surface area (Å²) in [6, 6.07) is 16.4. The summed E-state index contributed by atoms with van der Waals surface area (Å²) in [5, 5.41) is 31.7. The van der Waals surface area contributed by atoms with Crippen LogP contribution in [0.15, 0.2) is 66.4 Å². The van der Waals surface area contributed by atoms with E-state index >= 15 is 0 Å². The Hall–Kier alpha value is -4.66. The molecule has 4 aromatic rings. The first-order valence-electron chi connectivity index (χ1n) is 10.2. The first kappa shape index (κ1) is 20.3. The molecule has 0 spiro atoms. The van der Waals surface area contributed by atoms with Gasteiger partial charge in [0.05, 0.1) is 6.54 Å². The second kappa shape index (κ2) is 7.79. The summed E-state index contributed by atoms with van der Waals surface area (Å²) in [6.07, 6.45) is 1.53. The van der Waals surface area contributed by atoms with Crippen LogP contribution in [-0.4, -0.2) is 42.0 Å². The molecule has 5 rings (SSSR count). The van der Waals surface area contributed by atoms with Crippen molar-refractivity contribution in [2.24, 2.45) is 0 Å². The van der Waals surface area contributed by atoms with E-state index in [2.05, 4.69) is 15.5 Å². The van der Waals surface area contributed by atoms with E-state index in [1.165, 1.54) is 23.0 Å². The topological polar surface area (TPSA) is 121 Å². The predicted octanol–water partition coefficient (Wildman–Crippen LogP) is 3.23. The fraction of sp³-hybridized carbons (Fsp3) is 0.0833. The molecule has 0 radical (unpaired) electrons. The number of nitrogens with zero attached hydrogens (tertiary/aromatic N) is 4. The van der Waals surface area contributed by atoms with E-state index in [0.717, 1.165) is 10.5 Å². The Labute approximate surface area is 188 Å². The van der Waals surface area contributed by atoms with E-state index in [-0.39, 0.29) is 23.7 Å². The molecule has 1 aliphatic rings. The minimum atomic E-state index is -0.588. The second-order valence-corrected chi connectivity index (χ2v) is 7.74. The molecular weight excluding hydrogens is 422 g/mol. The van der Waals surface area contributed by atoms with Crippen molar-refractivity contribution in [2.75, 3.05) is 0 Å². The molecule has 0 aliphatic carbocycles. The van der Waals surface area contributed by atoms with Crippen LogP contribution in [-0.2, 0) is 11.3 Å². The third kappa shape index (κ3) is 3.76. The molecule has 3 N–H and O–H groups in total. The Kier molecular flexibility index (Phi) is 4.78. The van der Waals surface area contributed by atoms with Gasteiger partial charge >= 0.3 is 6.03 Å². The summed E-state index contributed by atoms with van der Waals surface area (Å²) in [5.41, 5.74) is 3.67. The molecule has 1 aliphatic heterocycles. The summed E-state index contributed by atoms with van der Waals surface area (Å²) in [6.45, 7) is 1.72. The van der Waals surface area contributed by atoms with Gasteiger partial charge in [0.25, 0.3) is 5.91 Å². The lowest BCUT2D eigenvalue weighted by Gasteiger charge is -2.15. The van der Waals surface area contributed by atoms with E-state index in [1.54, 1.807) is 24.3 Å². The number of benzene rings is 3. The average molecular weight is 441 g/mol. The molecule has 0 unspecified atom stereocenters. The maximum Gasteiger partial charge on any atom is 0.329 e. The predicted molar refractivity (Wildman–Crippen MR) is 120 cm³/mol. The Morgan fingerprint density at radius 1 is 0.970 bits per heavy atom. The third-order valence-corrected chi connectivity index (χ3v) is 5.31. The Morgan fingerprint density at radius 3 is 2.30 bits per heavy atom. The van der Waals surface area contributed by atoms with Crippen LogP contribution in [0.3, 0.4) is 0 Å². The van der Waals surface area contributed by atoms with Crippen molar-refractivity contribution in [1.82, 2.24) is 25.2 Å². The van der Waals surface area contributed by atoms with Crippen molar-refractivity contribution in [3.05, 3.63) is 83.1 Å². The van der Waals surface area contributed by atoms with Crippen molar-refractivity contribution in [1.29, 1.82) is 0 Å². The number of aryl methyl sites for hydroxylation is 1. The SMILES string of the molecule is Cc1cc(CN2C(=O)NC(=Cc3ccc(O)cc3)C2=O)c(O)c(-n2nc3ccccc3n2)c1. The van der Waals surface area contributed by atoms with Gasteiger partial charge in [-0.2, -0.15) is 0 Å². The lowest BCUT2D eigenvalue weighted by atomic mass is 10.1. The number of urea groups is 1. The van der Waals surface area contributed by atoms with E-state index in [9.17, 15) is 19.8 Å². The standard InChI is InChI=1S/C24H19N5O4/c1-14-10-16(22(31)21(11-14)29-26-18-4-2-3-5-19(18)27-29)13-28-23(32)20(25-24(28)33)12-15-6-8-17(30)9-7-15/h2-12,30-31H,13H2,1H3,(H,25,33). The maximum absolute atomic E-state index is 12.9. The van der Waals surface area contributed by atoms with Gasteiger partial charge in [-0.3, -0.25) is 9.69 Å². The monoisotopic (exact) mass is 441 g/mol. The van der Waals surface area contributed by atoms with Gasteiger partial charge in [-0.15, -0.1) is 15.0 Å². The Bertz CT molecular complexity index is 1410. The van der Waals surface area contributed by atoms with Gasteiger partial charge in [0, 0.05) is 5.56 Å². The zero-order valence-corrected chi connectivity index (χ0v) is 17.6. The van der Waals surface area contributed by atoms with Crippen LogP contribution >= 0.6 is 0 Å². The van der Waals surface area contributed by atoms with Crippen LogP contribution in [0.4, 0.5) is 4.79 Å². The van der Waals surface area contributed by atoms with Gasteiger partial charge < -0.3 is 15.5 Å². The Balaban J connectivity index is 1.46. The van der Waals surface area contributed by atoms with Gasteiger partial charge in [0.1, 0.15) is 33.9 Å². The smallest absolute Gasteiger partial charge is 0.329 e. The zero-order valence-electron chi connectivity index (χ0n) is 17.6. The van der Waals surface area contributed by atoms with E-state index < -0.39 is 11.9 Å². The molecule has 164 valence electrons. The number of carbonyl (C=O) groups excluding carboxylic acids is 2. The molecule has 3 amide bonds. The summed E-state index contributed by atoms with van der Waals surface area (Å²) in [5.74, 6) is -0.526. The number of nitrogens with one attached hydrogen (secondary N) is 1. The van der Waals surface area contributed by atoms with Crippen molar-refractivity contribution < 1.29 is 19.8 Å². The van der Waals surface area contributed by atoms with Gasteiger partial charge in [0.2, 0.25) is 0 Å². The molecule has 33 heavy (non-hydrogen) atoms. The van der Waals surface area contributed by atoms with Crippen LogP contribution in [0.1, 0.15) is 16.7 Å². The fourth-order valence-corrected chi connectivity index (χ4v) is 3.70. The zero-order chi connectivity index (χ0) is 23.1. The number of rotatable bonds is 4. The number of aromatic nitrogens is 3. The number of imide groups is 1. The largest absolute Gasteiger partial charge is 0.508 e. The van der Waals surface area contributed by atoms with E-state index in [0.29, 0.717) is 27.8 Å². The number of phenolic OH excluding ortho intramolecular Hbond substituents is 2. The normalized spacial score (nSPS) is 14.9. The average Bonchev–Trinajstić information content (AvgIpc) is 3.34. The molecule has 9 heteroatoms. The lowest BCUT2D eigenvalue weighted by Crippen LogP contribution is -2.30. The number of fused-ring (bicyclic) bond motifs is 1. The van der Waals surface area contributed by atoms with Gasteiger partial charge in [-0.05, 0) is 54.5 Å². The second-order valence-electron chi connectivity index (χ2n) is 7.74. The van der Waals surface area contributed by atoms with Gasteiger partial charge in [-0.25, -0.2) is 4.79 Å². The first-order valence-corrected chi connectivity index (χ1v) is 10.2. The summed E-state index contributed by atoms with van der Waals surface area (Å²) in [4.78, 5) is 27.8. The van der Waals surface area contributed by atoms with Crippen LogP contribution < -0.4 is 5.32 Å². The highest BCUT2D eigenvalue weighted by Gasteiger charge is 2.34. The third-order valence-electron chi connectivity index (χ3n) is 5.31. The first-order chi connectivity index (χ1) is 15.9. The lowest BCUT2D eigenvalue weighted by molar-refractivity contribution is -0.123. The van der Waals surface area contributed by atoms with E-state index in [4.69, 9.17) is 0 Å². The van der Waals surface area contributed by atoms with Crippen molar-refractivity contribution in [3.63, 3.8) is 0 Å². The van der Waals surface area contributed by atoms with Crippen LogP contribution in [0, 0.1) is 6.92 Å². The number of hydrogen-bond acceptors (Lipinski definition) is 6. The molecule has 1 saturated heterocycles. The number of amides is 3. The highest BCUT2D eigenvalue weighted by Crippen LogP contribution is 2.30. The molecule has 0 bridgehead atoms. The summed E-state index contributed by atoms with van der Waals surface area (Å²) >= 11 is 0. The van der Waals surface area contributed by atoms with Gasteiger partial charge in [-0.1, -0.05) is 30.3 Å². The number of phenols is 2. The number of hydrogen-bond donors (Lipinski definition) is 3. The highest BCUT2D eigenvalue weighted by atomic mass is 16.3. The van der Waals surface area contributed by atoms with Crippen molar-refractivity contribution in [2.45, 2.75) is 13.5 Å². The molecule has 0 atom stereocenters. The molecule has 1 aromatic heterocycles. The number of carbonyl (C=O) groups is 2. The maximum atomic E-state index is 12.9. The van der Waals surface area contributed by atoms with E-state index in [1.807, 2.05) is 31.2 Å². The molecule has 3 aromatic carbocycles. The fourth-order valence-electron chi connectivity index (χ4n) is 3.70. The van der Waals surface area contributed by atoms with Crippen molar-refractivity contribution >= 4 is 29.0 Å². The van der Waals surface area contributed by atoms with Crippen molar-refractivity contribution in [3.8, 4) is 17.2 Å². The number of aromatic hydroxyl groups is 2. The molecule has 2 heterocycles. The minimum absolute atomic E-state index is 0.103. The highest BCUT2D eigenvalue weighted by molar-refractivity contribution is 6.13. The summed E-state index contributed by atoms with van der Waals surface area (Å²) < 4.78 is 0. The molecular formula is C24H19N5O4. The molecule has 9 nitrogen and oxygen atoms in total. The quantitative estimate of drug-likeness (QED) is 0.330. The van der Waals surface area contributed by atoms with Gasteiger partial charge in [0.15, 0.2) is 0 Å². The summed E-state index contributed by atoms with van der Waals surface area (Å²) in [7, 11) is 0. The minimum Gasteiger partial charge on any atom is -0.508 e. The van der Waals surface area contributed by atoms with Crippen LogP contribution in [0.25, 0.3) is 22.8 Å². The Morgan fingerprint density at radius 2 is 1.64 bits per heavy atom.